The summed E-state index contributed by atoms with van der Waals surface area (Å²) in [6, 6.07) is 19.5. The minimum Gasteiger partial charge on any atom is -0.464 e. The van der Waals surface area contributed by atoms with E-state index < -0.39 is 5.97 Å². The number of oxime groups is 1. The third kappa shape index (κ3) is 5.26. The third-order valence-corrected chi connectivity index (χ3v) is 3.81. The molecule has 5 heteroatoms. The quantitative estimate of drug-likeness (QED) is 0.339. The van der Waals surface area contributed by atoms with Crippen LogP contribution in [0, 0.1) is 0 Å². The van der Waals surface area contributed by atoms with E-state index in [0.717, 1.165) is 10.5 Å². The summed E-state index contributed by atoms with van der Waals surface area (Å²) in [5.41, 5.74) is 1.25. The summed E-state index contributed by atoms with van der Waals surface area (Å²) in [6.45, 7) is 0.317. The van der Waals surface area contributed by atoms with Gasteiger partial charge < -0.3 is 9.57 Å². The summed E-state index contributed by atoms with van der Waals surface area (Å²) in [5, 5.41) is 3.93. The van der Waals surface area contributed by atoms with Gasteiger partial charge in [0.15, 0.2) is 5.71 Å². The minimum absolute atomic E-state index is 0.257. The molecule has 4 nitrogen and oxygen atoms in total. The van der Waals surface area contributed by atoms with Crippen LogP contribution < -0.4 is 0 Å². The number of nitrogens with zero attached hydrogens (tertiary/aromatic N) is 1. The Morgan fingerprint density at radius 2 is 1.68 bits per heavy atom. The molecule has 0 aliphatic rings. The second-order valence-electron chi connectivity index (χ2n) is 4.39. The maximum absolute atomic E-state index is 11.7. The number of hydrogen-bond donors (Lipinski definition) is 0. The molecule has 22 heavy (non-hydrogen) atoms. The van der Waals surface area contributed by atoms with E-state index in [1.165, 1.54) is 18.9 Å². The molecule has 2 rings (SSSR count). The van der Waals surface area contributed by atoms with Crippen LogP contribution in [0.3, 0.4) is 0 Å². The molecule has 0 aromatic heterocycles. The van der Waals surface area contributed by atoms with Gasteiger partial charge in [-0.15, -0.1) is 11.8 Å². The van der Waals surface area contributed by atoms with Crippen molar-refractivity contribution in [1.29, 1.82) is 0 Å². The molecule has 0 heterocycles. The van der Waals surface area contributed by atoms with E-state index >= 15 is 0 Å². The Morgan fingerprint density at radius 3 is 2.32 bits per heavy atom. The Kier molecular flexibility index (Phi) is 6.51. The lowest BCUT2D eigenvalue weighted by atomic mass is 10.2. The summed E-state index contributed by atoms with van der Waals surface area (Å²) in [6.07, 6.45) is 0. The molecule has 0 N–H and O–H groups in total. The monoisotopic (exact) mass is 315 g/mol. The molecule has 0 radical (unpaired) electrons. The molecular formula is C17H17NO3S. The topological polar surface area (TPSA) is 47.9 Å². The number of benzene rings is 2. The average Bonchev–Trinajstić information content (AvgIpc) is 2.59. The van der Waals surface area contributed by atoms with Gasteiger partial charge in [-0.1, -0.05) is 53.7 Å². The highest BCUT2D eigenvalue weighted by Crippen LogP contribution is 2.17. The summed E-state index contributed by atoms with van der Waals surface area (Å²) in [5.74, 6) is -0.0811. The maximum atomic E-state index is 11.7. The predicted molar refractivity (Wildman–Crippen MR) is 87.8 cm³/mol. The average molecular weight is 315 g/mol. The van der Waals surface area contributed by atoms with Crippen molar-refractivity contribution in [3.63, 3.8) is 0 Å². The van der Waals surface area contributed by atoms with Crippen molar-refractivity contribution in [1.82, 2.24) is 0 Å². The van der Waals surface area contributed by atoms with Gasteiger partial charge in [-0.05, 0) is 17.7 Å². The van der Waals surface area contributed by atoms with Crippen LogP contribution in [-0.2, 0) is 21.0 Å². The first-order chi connectivity index (χ1) is 10.8. The minimum atomic E-state index is -0.475. The van der Waals surface area contributed by atoms with Gasteiger partial charge in [0.05, 0.1) is 12.9 Å². The Balaban J connectivity index is 1.93. The molecule has 0 saturated heterocycles. The van der Waals surface area contributed by atoms with Gasteiger partial charge in [0.25, 0.3) is 0 Å². The van der Waals surface area contributed by atoms with Crippen molar-refractivity contribution >= 4 is 23.4 Å². The molecule has 114 valence electrons. The van der Waals surface area contributed by atoms with Crippen LogP contribution in [0.2, 0.25) is 0 Å². The number of hydrogen-bond acceptors (Lipinski definition) is 5. The normalized spacial score (nSPS) is 11.0. The molecule has 0 fully saturated rings. The van der Waals surface area contributed by atoms with Gasteiger partial charge in [0, 0.05) is 4.90 Å². The van der Waals surface area contributed by atoms with E-state index in [9.17, 15) is 4.79 Å². The Hall–Kier alpha value is -2.27. The predicted octanol–water partition coefficient (Wildman–Crippen LogP) is 3.52. The molecule has 0 spiro atoms. The molecule has 0 bridgehead atoms. The van der Waals surface area contributed by atoms with Crippen molar-refractivity contribution < 1.29 is 14.4 Å². The molecule has 0 aliphatic carbocycles. The van der Waals surface area contributed by atoms with E-state index in [1.807, 2.05) is 60.7 Å². The second kappa shape index (κ2) is 8.89. The summed E-state index contributed by atoms with van der Waals surface area (Å²) < 4.78 is 4.74. The Labute approximate surface area is 134 Å². The highest BCUT2D eigenvalue weighted by atomic mass is 32.2. The maximum Gasteiger partial charge on any atom is 0.356 e. The van der Waals surface area contributed by atoms with Crippen LogP contribution in [0.15, 0.2) is 70.7 Å². The summed E-state index contributed by atoms with van der Waals surface area (Å²) in [4.78, 5) is 18.1. The number of methoxy groups -OCH3 is 1. The number of esters is 1. The highest BCUT2D eigenvalue weighted by Gasteiger charge is 2.13. The largest absolute Gasteiger partial charge is 0.464 e. The van der Waals surface area contributed by atoms with E-state index in [0.29, 0.717) is 12.4 Å². The standard InChI is InChI=1S/C17H17NO3S/c1-20-17(19)16(13-22-15-10-6-3-7-11-15)18-21-12-14-8-4-2-5-9-14/h2-11H,12-13H2,1H3/b18-16-. The lowest BCUT2D eigenvalue weighted by molar-refractivity contribution is -0.132. The molecule has 0 unspecified atom stereocenters. The number of carbonyl (C=O) groups is 1. The molecule has 0 saturated carbocycles. The molecule has 0 atom stereocenters. The lowest BCUT2D eigenvalue weighted by Gasteiger charge is -2.05. The first-order valence-electron chi connectivity index (χ1n) is 6.78. The first kappa shape index (κ1) is 16.1. The first-order valence-corrected chi connectivity index (χ1v) is 7.77. The lowest BCUT2D eigenvalue weighted by Crippen LogP contribution is -2.18. The van der Waals surface area contributed by atoms with Crippen LogP contribution in [0.25, 0.3) is 0 Å². The van der Waals surface area contributed by atoms with Gasteiger partial charge in [0.1, 0.15) is 6.61 Å². The molecule has 0 aliphatic heterocycles. The van der Waals surface area contributed by atoms with Crippen LogP contribution in [0.4, 0.5) is 0 Å². The fourth-order valence-electron chi connectivity index (χ4n) is 1.67. The van der Waals surface area contributed by atoms with Gasteiger partial charge in [-0.2, -0.15) is 0 Å². The fourth-order valence-corrected chi connectivity index (χ4v) is 2.49. The third-order valence-electron chi connectivity index (χ3n) is 2.79. The highest BCUT2D eigenvalue weighted by molar-refractivity contribution is 8.00. The SMILES string of the molecule is COC(=O)/C(CSc1ccccc1)=N\OCc1ccccc1. The van der Waals surface area contributed by atoms with E-state index in [-0.39, 0.29) is 5.71 Å². The molecule has 2 aromatic carbocycles. The van der Waals surface area contributed by atoms with E-state index in [1.54, 1.807) is 0 Å². The number of thioether (sulfide) groups is 1. The Morgan fingerprint density at radius 1 is 1.05 bits per heavy atom. The van der Waals surface area contributed by atoms with Crippen molar-refractivity contribution in [2.24, 2.45) is 5.16 Å². The van der Waals surface area contributed by atoms with E-state index in [2.05, 4.69) is 5.16 Å². The zero-order chi connectivity index (χ0) is 15.6. The van der Waals surface area contributed by atoms with Gasteiger partial charge in [-0.25, -0.2) is 4.79 Å². The van der Waals surface area contributed by atoms with Crippen LogP contribution in [0.1, 0.15) is 5.56 Å². The van der Waals surface area contributed by atoms with Crippen LogP contribution >= 0.6 is 11.8 Å². The van der Waals surface area contributed by atoms with Crippen LogP contribution in [0.5, 0.6) is 0 Å². The number of rotatable bonds is 7. The zero-order valence-corrected chi connectivity index (χ0v) is 13.1. The summed E-state index contributed by atoms with van der Waals surface area (Å²) >= 11 is 1.51. The Bertz CT molecular complexity index is 614. The van der Waals surface area contributed by atoms with Gasteiger partial charge in [-0.3, -0.25) is 0 Å². The van der Waals surface area contributed by atoms with Crippen LogP contribution in [-0.4, -0.2) is 24.5 Å². The number of carbonyl (C=O) groups excluding carboxylic acids is 1. The van der Waals surface area contributed by atoms with Gasteiger partial charge in [0.2, 0.25) is 0 Å². The van der Waals surface area contributed by atoms with Crippen molar-refractivity contribution in [2.45, 2.75) is 11.5 Å². The molecule has 0 amide bonds. The van der Waals surface area contributed by atoms with Crippen molar-refractivity contribution in [3.05, 3.63) is 66.2 Å². The van der Waals surface area contributed by atoms with Gasteiger partial charge >= 0.3 is 5.97 Å². The second-order valence-corrected chi connectivity index (χ2v) is 5.44. The zero-order valence-electron chi connectivity index (χ0n) is 12.3. The molecule has 2 aromatic rings. The summed E-state index contributed by atoms with van der Waals surface area (Å²) in [7, 11) is 1.34. The fraction of sp³-hybridized carbons (Fsp3) is 0.176. The van der Waals surface area contributed by atoms with E-state index in [4.69, 9.17) is 9.57 Å². The van der Waals surface area contributed by atoms with Crippen molar-refractivity contribution in [2.75, 3.05) is 12.9 Å². The smallest absolute Gasteiger partial charge is 0.356 e. The van der Waals surface area contributed by atoms with Crippen molar-refractivity contribution in [3.8, 4) is 0 Å². The number of ether oxygens (including phenoxy) is 1. The molecular weight excluding hydrogens is 298 g/mol.